The normalized spacial score (nSPS) is 12.2. The molecule has 1 heterocycles. The molecule has 0 spiro atoms. The molecule has 1 N–H and O–H groups in total. The van der Waals surface area contributed by atoms with E-state index in [1.165, 1.54) is 0 Å². The number of fused-ring (bicyclic) bond motifs is 1. The van der Waals surface area contributed by atoms with Gasteiger partial charge in [-0.3, -0.25) is 4.79 Å². The maximum absolute atomic E-state index is 13.5. The lowest BCUT2D eigenvalue weighted by Gasteiger charge is -2.12. The van der Waals surface area contributed by atoms with Crippen LogP contribution in [0.5, 0.6) is 0 Å². The Bertz CT molecular complexity index is 736. The zero-order chi connectivity index (χ0) is 14.5. The second-order valence-corrected chi connectivity index (χ2v) is 4.65. The summed E-state index contributed by atoms with van der Waals surface area (Å²) in [4.78, 5) is 13.9. The van der Waals surface area contributed by atoms with Crippen molar-refractivity contribution in [1.29, 1.82) is 0 Å². The van der Waals surface area contributed by atoms with E-state index in [2.05, 4.69) is 0 Å². The number of aromatic nitrogens is 1. The molecule has 1 aromatic heterocycles. The molecule has 102 valence electrons. The van der Waals surface area contributed by atoms with Crippen molar-refractivity contribution in [3.63, 3.8) is 0 Å². The Morgan fingerprint density at radius 1 is 1.26 bits per heavy atom. The van der Waals surface area contributed by atoms with Crippen LogP contribution in [-0.4, -0.2) is 4.98 Å². The number of halogens is 6. The highest BCUT2D eigenvalue weighted by Gasteiger charge is 2.35. The average molecular weight is 314 g/mol. The first kappa shape index (κ1) is 14.1. The van der Waals surface area contributed by atoms with Gasteiger partial charge in [-0.05, 0) is 13.0 Å². The van der Waals surface area contributed by atoms with Crippen molar-refractivity contribution >= 4 is 34.1 Å². The van der Waals surface area contributed by atoms with Crippen LogP contribution in [0.1, 0.15) is 11.3 Å². The van der Waals surface area contributed by atoms with Crippen molar-refractivity contribution in [1.82, 2.24) is 4.98 Å². The van der Waals surface area contributed by atoms with Gasteiger partial charge >= 0.3 is 6.18 Å². The van der Waals surface area contributed by atoms with Gasteiger partial charge in [0.15, 0.2) is 11.2 Å². The Hall–Kier alpha value is -1.27. The average Bonchev–Trinajstić information content (AvgIpc) is 2.29. The van der Waals surface area contributed by atoms with Gasteiger partial charge in [0.25, 0.3) is 0 Å². The number of nitrogens with one attached hydrogen (secondary N) is 1. The van der Waals surface area contributed by atoms with Gasteiger partial charge in [-0.1, -0.05) is 23.2 Å². The summed E-state index contributed by atoms with van der Waals surface area (Å²) < 4.78 is 51.6. The molecule has 2 rings (SSSR count). The third-order valence-electron chi connectivity index (χ3n) is 2.65. The molecule has 0 aliphatic carbocycles. The molecule has 8 heteroatoms. The van der Waals surface area contributed by atoms with Crippen LogP contribution in [0.4, 0.5) is 17.6 Å². The SMILES string of the molecule is Cc1c(C(F)(F)F)[nH]c2cc(Cl)c(F)c(Cl)c2c1=O. The van der Waals surface area contributed by atoms with Crippen molar-refractivity contribution in [2.24, 2.45) is 0 Å². The lowest BCUT2D eigenvalue weighted by Crippen LogP contribution is -2.19. The van der Waals surface area contributed by atoms with Gasteiger partial charge in [0.2, 0.25) is 0 Å². The van der Waals surface area contributed by atoms with Gasteiger partial charge in [-0.25, -0.2) is 4.39 Å². The number of hydrogen-bond donors (Lipinski definition) is 1. The Balaban J connectivity index is 3.02. The van der Waals surface area contributed by atoms with Crippen LogP contribution in [-0.2, 0) is 6.18 Å². The van der Waals surface area contributed by atoms with Gasteiger partial charge in [0.05, 0.1) is 20.9 Å². The summed E-state index contributed by atoms with van der Waals surface area (Å²) in [5, 5.41) is -1.42. The van der Waals surface area contributed by atoms with Crippen LogP contribution in [0.2, 0.25) is 10.0 Å². The standard InChI is InChI=1S/C11H5Cl2F4NO/c1-3-9(19)6-5(18-10(3)11(15,16)17)2-4(12)8(14)7(6)13/h2H,1H3,(H,18,19). The highest BCUT2D eigenvalue weighted by Crippen LogP contribution is 2.34. The van der Waals surface area contributed by atoms with Crippen LogP contribution in [0.3, 0.4) is 0 Å². The van der Waals surface area contributed by atoms with E-state index in [-0.39, 0.29) is 10.9 Å². The van der Waals surface area contributed by atoms with Gasteiger partial charge in [-0.2, -0.15) is 13.2 Å². The van der Waals surface area contributed by atoms with E-state index in [1.807, 2.05) is 4.98 Å². The summed E-state index contributed by atoms with van der Waals surface area (Å²) in [6.45, 7) is 0.990. The Morgan fingerprint density at radius 3 is 2.37 bits per heavy atom. The third kappa shape index (κ3) is 2.19. The molecule has 0 bridgehead atoms. The number of pyridine rings is 1. The highest BCUT2D eigenvalue weighted by molar-refractivity contribution is 6.38. The predicted molar refractivity (Wildman–Crippen MR) is 64.3 cm³/mol. The quantitative estimate of drug-likeness (QED) is 0.571. The van der Waals surface area contributed by atoms with E-state index in [9.17, 15) is 22.4 Å². The van der Waals surface area contributed by atoms with Crippen LogP contribution in [0.15, 0.2) is 10.9 Å². The fraction of sp³-hybridized carbons (Fsp3) is 0.182. The van der Waals surface area contributed by atoms with Crippen LogP contribution in [0, 0.1) is 12.7 Å². The molecule has 0 fully saturated rings. The third-order valence-corrected chi connectivity index (χ3v) is 3.28. The molecule has 0 aliphatic heterocycles. The van der Waals surface area contributed by atoms with Crippen molar-refractivity contribution in [2.75, 3.05) is 0 Å². The maximum atomic E-state index is 13.5. The largest absolute Gasteiger partial charge is 0.431 e. The summed E-state index contributed by atoms with van der Waals surface area (Å²) in [5.41, 5.74) is -3.03. The molecule has 0 atom stereocenters. The van der Waals surface area contributed by atoms with Gasteiger partial charge < -0.3 is 4.98 Å². The first-order chi connectivity index (χ1) is 8.64. The number of aromatic amines is 1. The first-order valence-electron chi connectivity index (χ1n) is 4.92. The second kappa shape index (κ2) is 4.38. The Kier molecular flexibility index (Phi) is 3.26. The number of benzene rings is 1. The Labute approximate surface area is 113 Å². The molecule has 0 amide bonds. The fourth-order valence-electron chi connectivity index (χ4n) is 1.73. The smallest absolute Gasteiger partial charge is 0.350 e. The molecule has 0 radical (unpaired) electrons. The molecule has 0 unspecified atom stereocenters. The second-order valence-electron chi connectivity index (χ2n) is 3.86. The summed E-state index contributed by atoms with van der Waals surface area (Å²) in [6.07, 6.45) is -4.73. The lowest BCUT2D eigenvalue weighted by molar-refractivity contribution is -0.141. The van der Waals surface area contributed by atoms with E-state index in [0.29, 0.717) is 0 Å². The summed E-state index contributed by atoms with van der Waals surface area (Å²) in [5.74, 6) is -1.04. The number of hydrogen-bond acceptors (Lipinski definition) is 1. The first-order valence-corrected chi connectivity index (χ1v) is 5.67. The molecular formula is C11H5Cl2F4NO. The van der Waals surface area contributed by atoms with Gasteiger partial charge in [-0.15, -0.1) is 0 Å². The van der Waals surface area contributed by atoms with E-state index in [1.54, 1.807) is 0 Å². The minimum absolute atomic E-state index is 0.265. The fourth-order valence-corrected chi connectivity index (χ4v) is 2.27. The minimum Gasteiger partial charge on any atom is -0.350 e. The highest BCUT2D eigenvalue weighted by atomic mass is 35.5. The van der Waals surface area contributed by atoms with Crippen LogP contribution in [0.25, 0.3) is 10.9 Å². The minimum atomic E-state index is -4.73. The zero-order valence-electron chi connectivity index (χ0n) is 9.25. The van der Waals surface area contributed by atoms with Gasteiger partial charge in [0, 0.05) is 5.56 Å². The Morgan fingerprint density at radius 2 is 1.84 bits per heavy atom. The summed E-state index contributed by atoms with van der Waals surface area (Å²) in [7, 11) is 0. The number of alkyl halides is 3. The molecule has 0 aliphatic rings. The number of H-pyrrole nitrogens is 1. The van der Waals surface area contributed by atoms with E-state index >= 15 is 0 Å². The summed E-state index contributed by atoms with van der Waals surface area (Å²) >= 11 is 11.1. The molecule has 0 saturated carbocycles. The van der Waals surface area contributed by atoms with Crippen molar-refractivity contribution in [2.45, 2.75) is 13.1 Å². The predicted octanol–water partition coefficient (Wildman–Crippen LogP) is 4.30. The van der Waals surface area contributed by atoms with Gasteiger partial charge in [0.1, 0.15) is 5.69 Å². The van der Waals surface area contributed by atoms with E-state index < -0.39 is 38.7 Å². The van der Waals surface area contributed by atoms with Crippen molar-refractivity contribution in [3.8, 4) is 0 Å². The number of rotatable bonds is 0. The van der Waals surface area contributed by atoms with Crippen molar-refractivity contribution < 1.29 is 17.6 Å². The zero-order valence-corrected chi connectivity index (χ0v) is 10.8. The van der Waals surface area contributed by atoms with Crippen LogP contribution < -0.4 is 5.43 Å². The molecule has 19 heavy (non-hydrogen) atoms. The lowest BCUT2D eigenvalue weighted by atomic mass is 10.1. The molecular weight excluding hydrogens is 309 g/mol. The molecule has 2 aromatic rings. The van der Waals surface area contributed by atoms with E-state index in [4.69, 9.17) is 23.2 Å². The maximum Gasteiger partial charge on any atom is 0.431 e. The molecule has 2 nitrogen and oxygen atoms in total. The topological polar surface area (TPSA) is 32.9 Å². The summed E-state index contributed by atoms with van der Waals surface area (Å²) in [6, 6.07) is 0.897. The van der Waals surface area contributed by atoms with Crippen LogP contribution >= 0.6 is 23.2 Å². The molecule has 1 aromatic carbocycles. The van der Waals surface area contributed by atoms with Crippen molar-refractivity contribution in [3.05, 3.63) is 43.4 Å². The molecule has 0 saturated heterocycles. The monoisotopic (exact) mass is 313 g/mol. The van der Waals surface area contributed by atoms with E-state index in [0.717, 1.165) is 13.0 Å².